The highest BCUT2D eigenvalue weighted by molar-refractivity contribution is 6.42. The zero-order chi connectivity index (χ0) is 14.7. The molecule has 0 spiro atoms. The van der Waals surface area contributed by atoms with Crippen molar-refractivity contribution in [2.75, 3.05) is 5.43 Å². The molecule has 0 aliphatic carbocycles. The van der Waals surface area contributed by atoms with Crippen molar-refractivity contribution in [1.29, 1.82) is 0 Å². The number of aromatic amines is 1. The Bertz CT molecular complexity index is 725. The number of benzene rings is 1. The van der Waals surface area contributed by atoms with E-state index in [4.69, 9.17) is 23.2 Å². The minimum atomic E-state index is -0.190. The van der Waals surface area contributed by atoms with Crippen molar-refractivity contribution in [2.45, 2.75) is 13.8 Å². The highest BCUT2D eigenvalue weighted by atomic mass is 35.5. The Kier molecular flexibility index (Phi) is 4.42. The molecule has 20 heavy (non-hydrogen) atoms. The number of H-pyrrole nitrogens is 1. The number of halogens is 2. The molecule has 0 fully saturated rings. The fraction of sp³-hybridized carbons (Fsp3) is 0.154. The Morgan fingerprint density at radius 1 is 1.30 bits per heavy atom. The Hall–Kier alpha value is -1.85. The van der Waals surface area contributed by atoms with Gasteiger partial charge >= 0.3 is 0 Å². The average molecular weight is 311 g/mol. The van der Waals surface area contributed by atoms with Crippen LogP contribution in [-0.2, 0) is 0 Å². The van der Waals surface area contributed by atoms with E-state index in [-0.39, 0.29) is 11.5 Å². The van der Waals surface area contributed by atoms with Crippen LogP contribution >= 0.6 is 23.2 Å². The number of hydrazone groups is 1. The first-order chi connectivity index (χ1) is 9.47. The summed E-state index contributed by atoms with van der Waals surface area (Å²) >= 11 is 11.7. The van der Waals surface area contributed by atoms with Gasteiger partial charge in [-0.15, -0.1) is 0 Å². The van der Waals surface area contributed by atoms with Gasteiger partial charge in [-0.1, -0.05) is 29.3 Å². The molecule has 0 atom stereocenters. The highest BCUT2D eigenvalue weighted by Gasteiger charge is 2.02. The van der Waals surface area contributed by atoms with E-state index in [9.17, 15) is 4.79 Å². The molecule has 0 saturated carbocycles. The lowest BCUT2D eigenvalue weighted by Crippen LogP contribution is -2.15. The summed E-state index contributed by atoms with van der Waals surface area (Å²) in [6, 6.07) is 5.14. The predicted octanol–water partition coefficient (Wildman–Crippen LogP) is 3.14. The van der Waals surface area contributed by atoms with E-state index in [2.05, 4.69) is 20.5 Å². The summed E-state index contributed by atoms with van der Waals surface area (Å²) in [7, 11) is 0. The fourth-order valence-electron chi connectivity index (χ4n) is 1.46. The van der Waals surface area contributed by atoms with Crippen LogP contribution in [0.3, 0.4) is 0 Å². The number of hydrogen-bond acceptors (Lipinski definition) is 4. The first-order valence-electron chi connectivity index (χ1n) is 5.79. The van der Waals surface area contributed by atoms with E-state index in [1.54, 1.807) is 38.3 Å². The van der Waals surface area contributed by atoms with Crippen molar-refractivity contribution in [1.82, 2.24) is 9.97 Å². The second-order valence-electron chi connectivity index (χ2n) is 4.17. The van der Waals surface area contributed by atoms with E-state index in [0.717, 1.165) is 5.56 Å². The Morgan fingerprint density at radius 2 is 2.05 bits per heavy atom. The van der Waals surface area contributed by atoms with Crippen LogP contribution in [0, 0.1) is 13.8 Å². The summed E-state index contributed by atoms with van der Waals surface area (Å²) in [5, 5.41) is 4.92. The van der Waals surface area contributed by atoms with E-state index in [1.807, 2.05) is 0 Å². The summed E-state index contributed by atoms with van der Waals surface area (Å²) in [5.41, 5.74) is 4.49. The molecule has 1 aromatic heterocycles. The molecule has 0 unspecified atom stereocenters. The molecule has 0 aliphatic heterocycles. The van der Waals surface area contributed by atoms with Gasteiger partial charge in [-0.3, -0.25) is 9.78 Å². The normalized spacial score (nSPS) is 11.0. The number of nitrogens with one attached hydrogen (secondary N) is 2. The maximum Gasteiger partial charge on any atom is 0.255 e. The number of aromatic nitrogens is 2. The fourth-order valence-corrected chi connectivity index (χ4v) is 1.77. The topological polar surface area (TPSA) is 70.1 Å². The Labute approximate surface area is 125 Å². The number of aryl methyl sites for hydroxylation is 1. The van der Waals surface area contributed by atoms with Crippen LogP contribution in [0.5, 0.6) is 0 Å². The lowest BCUT2D eigenvalue weighted by atomic mass is 10.2. The third kappa shape index (κ3) is 3.37. The third-order valence-electron chi connectivity index (χ3n) is 2.72. The lowest BCUT2D eigenvalue weighted by molar-refractivity contribution is 1.01. The summed E-state index contributed by atoms with van der Waals surface area (Å²) in [6.07, 6.45) is 1.55. The van der Waals surface area contributed by atoms with Crippen molar-refractivity contribution in [3.8, 4) is 0 Å². The molecule has 0 aliphatic rings. The molecule has 2 rings (SSSR count). The Balaban J connectivity index is 2.14. The van der Waals surface area contributed by atoms with Crippen LogP contribution < -0.4 is 11.0 Å². The van der Waals surface area contributed by atoms with Crippen molar-refractivity contribution >= 4 is 35.4 Å². The number of rotatable bonds is 3. The van der Waals surface area contributed by atoms with Gasteiger partial charge < -0.3 is 0 Å². The first-order valence-corrected chi connectivity index (χ1v) is 6.54. The quantitative estimate of drug-likeness (QED) is 0.676. The smallest absolute Gasteiger partial charge is 0.255 e. The summed E-state index contributed by atoms with van der Waals surface area (Å²) in [4.78, 5) is 18.3. The molecule has 2 N–H and O–H groups in total. The van der Waals surface area contributed by atoms with Crippen LogP contribution in [0.2, 0.25) is 10.0 Å². The van der Waals surface area contributed by atoms with Gasteiger partial charge in [0, 0.05) is 11.3 Å². The van der Waals surface area contributed by atoms with Gasteiger partial charge in [-0.05, 0) is 31.5 Å². The van der Waals surface area contributed by atoms with E-state index in [1.165, 1.54) is 0 Å². The van der Waals surface area contributed by atoms with Gasteiger partial charge in [0.1, 0.15) is 0 Å². The molecule has 0 bridgehead atoms. The maximum absolute atomic E-state index is 11.6. The average Bonchev–Trinajstić information content (AvgIpc) is 2.40. The lowest BCUT2D eigenvalue weighted by Gasteiger charge is -2.02. The summed E-state index contributed by atoms with van der Waals surface area (Å²) in [6.45, 7) is 3.47. The second kappa shape index (κ2) is 6.07. The maximum atomic E-state index is 11.6. The summed E-state index contributed by atoms with van der Waals surface area (Å²) < 4.78 is 0. The summed E-state index contributed by atoms with van der Waals surface area (Å²) in [5.74, 6) is 0.286. The molecule has 104 valence electrons. The molecule has 0 radical (unpaired) electrons. The van der Waals surface area contributed by atoms with E-state index >= 15 is 0 Å². The van der Waals surface area contributed by atoms with Crippen LogP contribution in [0.15, 0.2) is 28.1 Å². The number of anilines is 1. The van der Waals surface area contributed by atoms with Gasteiger partial charge in [0.2, 0.25) is 5.95 Å². The first kappa shape index (κ1) is 14.6. The van der Waals surface area contributed by atoms with E-state index in [0.29, 0.717) is 21.3 Å². The second-order valence-corrected chi connectivity index (χ2v) is 4.98. The van der Waals surface area contributed by atoms with Crippen molar-refractivity contribution < 1.29 is 0 Å². The molecule has 1 aromatic carbocycles. The minimum absolute atomic E-state index is 0.190. The predicted molar refractivity (Wildman–Crippen MR) is 82.0 cm³/mol. The van der Waals surface area contributed by atoms with Crippen LogP contribution in [-0.4, -0.2) is 16.2 Å². The zero-order valence-electron chi connectivity index (χ0n) is 10.9. The minimum Gasteiger partial charge on any atom is -0.291 e. The SMILES string of the molecule is Cc1nc(N/N=C\c2ccc(Cl)c(Cl)c2)[nH]c(=O)c1C. The van der Waals surface area contributed by atoms with Crippen LogP contribution in [0.4, 0.5) is 5.95 Å². The Morgan fingerprint density at radius 3 is 2.70 bits per heavy atom. The monoisotopic (exact) mass is 310 g/mol. The number of hydrogen-bond donors (Lipinski definition) is 2. The molecule has 2 aromatic rings. The van der Waals surface area contributed by atoms with Crippen LogP contribution in [0.1, 0.15) is 16.8 Å². The van der Waals surface area contributed by atoms with E-state index < -0.39 is 0 Å². The van der Waals surface area contributed by atoms with Gasteiger partial charge in [0.05, 0.1) is 16.3 Å². The highest BCUT2D eigenvalue weighted by Crippen LogP contribution is 2.21. The molecular formula is C13H12Cl2N4O. The van der Waals surface area contributed by atoms with Gasteiger partial charge in [0.15, 0.2) is 0 Å². The zero-order valence-corrected chi connectivity index (χ0v) is 12.4. The largest absolute Gasteiger partial charge is 0.291 e. The van der Waals surface area contributed by atoms with Crippen LogP contribution in [0.25, 0.3) is 0 Å². The third-order valence-corrected chi connectivity index (χ3v) is 3.46. The van der Waals surface area contributed by atoms with Gasteiger partial charge in [-0.25, -0.2) is 10.4 Å². The molecule has 1 heterocycles. The van der Waals surface area contributed by atoms with Gasteiger partial charge in [0.25, 0.3) is 5.56 Å². The van der Waals surface area contributed by atoms with Crippen molar-refractivity contribution in [3.63, 3.8) is 0 Å². The standard InChI is InChI=1S/C13H12Cl2N4O/c1-7-8(2)17-13(18-12(7)20)19-16-6-9-3-4-10(14)11(15)5-9/h3-6H,1-2H3,(H2,17,18,19,20)/b16-6-. The van der Waals surface area contributed by atoms with Crippen molar-refractivity contribution in [2.24, 2.45) is 5.10 Å². The molecule has 5 nitrogen and oxygen atoms in total. The molecular weight excluding hydrogens is 299 g/mol. The number of nitrogens with zero attached hydrogens (tertiary/aromatic N) is 2. The molecule has 0 amide bonds. The van der Waals surface area contributed by atoms with Crippen molar-refractivity contribution in [3.05, 3.63) is 55.4 Å². The molecule has 0 saturated heterocycles. The molecule has 7 heteroatoms. The van der Waals surface area contributed by atoms with Gasteiger partial charge in [-0.2, -0.15) is 5.10 Å².